The lowest BCUT2D eigenvalue weighted by Gasteiger charge is -2.36. The van der Waals surface area contributed by atoms with E-state index in [9.17, 15) is 0 Å². The summed E-state index contributed by atoms with van der Waals surface area (Å²) in [6.45, 7) is 10.4. The zero-order valence-electron chi connectivity index (χ0n) is 13.4. The first-order chi connectivity index (χ1) is 8.01. The lowest BCUT2D eigenvalue weighted by Crippen LogP contribution is -2.52. The SMILES string of the molecule is CC.CC.CNC1CC(NCC[N+](C)(C)C)C1. The van der Waals surface area contributed by atoms with Crippen molar-refractivity contribution in [2.45, 2.75) is 52.6 Å². The molecule has 3 nitrogen and oxygen atoms in total. The lowest BCUT2D eigenvalue weighted by molar-refractivity contribution is -0.869. The van der Waals surface area contributed by atoms with E-state index in [1.807, 2.05) is 34.7 Å². The topological polar surface area (TPSA) is 24.1 Å². The Labute approximate surface area is 110 Å². The summed E-state index contributed by atoms with van der Waals surface area (Å²) < 4.78 is 1.05. The molecule has 1 saturated carbocycles. The van der Waals surface area contributed by atoms with Crippen molar-refractivity contribution in [3.8, 4) is 0 Å². The van der Waals surface area contributed by atoms with Gasteiger partial charge in [-0.1, -0.05) is 27.7 Å². The quantitative estimate of drug-likeness (QED) is 0.726. The van der Waals surface area contributed by atoms with Crippen molar-refractivity contribution < 1.29 is 4.48 Å². The normalized spacial score (nSPS) is 22.6. The van der Waals surface area contributed by atoms with Gasteiger partial charge in [-0.3, -0.25) is 0 Å². The number of rotatable bonds is 5. The minimum atomic E-state index is 0.765. The van der Waals surface area contributed by atoms with Crippen LogP contribution in [0.2, 0.25) is 0 Å². The van der Waals surface area contributed by atoms with Gasteiger partial charge in [-0.25, -0.2) is 0 Å². The second-order valence-corrected chi connectivity index (χ2v) is 5.12. The van der Waals surface area contributed by atoms with Crippen molar-refractivity contribution in [3.63, 3.8) is 0 Å². The van der Waals surface area contributed by atoms with Gasteiger partial charge in [-0.2, -0.15) is 0 Å². The lowest BCUT2D eigenvalue weighted by atomic mass is 9.87. The summed E-state index contributed by atoms with van der Waals surface area (Å²) in [5.41, 5.74) is 0. The molecule has 0 aromatic heterocycles. The molecular formula is C14H36N3+. The zero-order valence-corrected chi connectivity index (χ0v) is 13.4. The molecule has 0 unspecified atom stereocenters. The van der Waals surface area contributed by atoms with Crippen LogP contribution in [0, 0.1) is 0 Å². The third kappa shape index (κ3) is 10.7. The van der Waals surface area contributed by atoms with E-state index in [0.29, 0.717) is 0 Å². The fraction of sp³-hybridized carbons (Fsp3) is 1.00. The summed E-state index contributed by atoms with van der Waals surface area (Å²) in [6.07, 6.45) is 2.60. The van der Waals surface area contributed by atoms with Crippen molar-refractivity contribution >= 4 is 0 Å². The highest BCUT2D eigenvalue weighted by molar-refractivity contribution is 4.88. The van der Waals surface area contributed by atoms with Gasteiger partial charge in [0.05, 0.1) is 27.7 Å². The van der Waals surface area contributed by atoms with Crippen molar-refractivity contribution in [3.05, 3.63) is 0 Å². The van der Waals surface area contributed by atoms with Gasteiger partial charge in [0.25, 0.3) is 0 Å². The maximum absolute atomic E-state index is 3.58. The first-order valence-electron chi connectivity index (χ1n) is 7.22. The van der Waals surface area contributed by atoms with E-state index >= 15 is 0 Å². The van der Waals surface area contributed by atoms with Crippen LogP contribution in [-0.4, -0.2) is 57.8 Å². The van der Waals surface area contributed by atoms with Gasteiger partial charge in [0.1, 0.15) is 0 Å². The van der Waals surface area contributed by atoms with Crippen molar-refractivity contribution in [1.29, 1.82) is 0 Å². The maximum atomic E-state index is 3.58. The monoisotopic (exact) mass is 246 g/mol. The van der Waals surface area contributed by atoms with Gasteiger partial charge in [0.15, 0.2) is 0 Å². The molecule has 0 bridgehead atoms. The van der Waals surface area contributed by atoms with Gasteiger partial charge in [0, 0.05) is 18.6 Å². The van der Waals surface area contributed by atoms with Crippen LogP contribution in [0.5, 0.6) is 0 Å². The van der Waals surface area contributed by atoms with Crippen LogP contribution in [0.25, 0.3) is 0 Å². The van der Waals surface area contributed by atoms with E-state index in [2.05, 4.69) is 31.8 Å². The fourth-order valence-corrected chi connectivity index (χ4v) is 1.62. The van der Waals surface area contributed by atoms with Gasteiger partial charge in [-0.15, -0.1) is 0 Å². The number of nitrogens with one attached hydrogen (secondary N) is 2. The number of likely N-dealkylation sites (N-methyl/N-ethyl adjacent to an activating group) is 1. The van der Waals surface area contributed by atoms with Crippen LogP contribution in [-0.2, 0) is 0 Å². The zero-order chi connectivity index (χ0) is 13.9. The highest BCUT2D eigenvalue weighted by Gasteiger charge is 2.27. The smallest absolute Gasteiger partial charge is 0.0907 e. The Bertz CT molecular complexity index is 146. The number of hydrogen-bond donors (Lipinski definition) is 2. The predicted octanol–water partition coefficient (Wildman–Crippen LogP) is 2.09. The number of nitrogens with zero attached hydrogens (tertiary/aromatic N) is 1. The minimum absolute atomic E-state index is 0.765. The molecule has 0 aliphatic heterocycles. The van der Waals surface area contributed by atoms with E-state index in [0.717, 1.165) is 23.1 Å². The van der Waals surface area contributed by atoms with Gasteiger partial charge in [-0.05, 0) is 19.9 Å². The van der Waals surface area contributed by atoms with Crippen LogP contribution < -0.4 is 10.6 Å². The molecule has 17 heavy (non-hydrogen) atoms. The van der Waals surface area contributed by atoms with E-state index in [1.165, 1.54) is 19.4 Å². The fourth-order valence-electron chi connectivity index (χ4n) is 1.62. The number of hydrogen-bond acceptors (Lipinski definition) is 2. The molecule has 3 heteroatoms. The van der Waals surface area contributed by atoms with Crippen LogP contribution in [0.3, 0.4) is 0 Å². The van der Waals surface area contributed by atoms with Crippen LogP contribution >= 0.6 is 0 Å². The summed E-state index contributed by atoms with van der Waals surface area (Å²) in [7, 11) is 8.75. The molecule has 1 aliphatic carbocycles. The Hall–Kier alpha value is -0.120. The maximum Gasteiger partial charge on any atom is 0.0907 e. The van der Waals surface area contributed by atoms with Crippen molar-refractivity contribution in [2.75, 3.05) is 41.3 Å². The Kier molecular flexibility index (Phi) is 12.4. The molecule has 0 amide bonds. The highest BCUT2D eigenvalue weighted by atomic mass is 15.3. The third-order valence-electron chi connectivity index (χ3n) is 2.76. The molecule has 0 atom stereocenters. The highest BCUT2D eigenvalue weighted by Crippen LogP contribution is 2.18. The largest absolute Gasteiger partial charge is 0.330 e. The van der Waals surface area contributed by atoms with Gasteiger partial charge >= 0.3 is 0 Å². The summed E-state index contributed by atoms with van der Waals surface area (Å²) in [5, 5.41) is 6.88. The first-order valence-corrected chi connectivity index (χ1v) is 7.22. The van der Waals surface area contributed by atoms with Crippen molar-refractivity contribution in [1.82, 2.24) is 10.6 Å². The molecule has 0 heterocycles. The first kappa shape index (κ1) is 19.2. The summed E-state index contributed by atoms with van der Waals surface area (Å²) in [6, 6.07) is 1.53. The third-order valence-corrected chi connectivity index (χ3v) is 2.76. The average molecular weight is 246 g/mol. The molecule has 0 spiro atoms. The standard InChI is InChI=1S/C10H24N3.2C2H6/c1-11-9-7-10(8-9)12-5-6-13(2,3)4;2*1-2/h9-12H,5-8H2,1-4H3;2*1-2H3/q+1;;. The van der Waals surface area contributed by atoms with Crippen LogP contribution in [0.4, 0.5) is 0 Å². The molecule has 1 fully saturated rings. The van der Waals surface area contributed by atoms with E-state index in [1.54, 1.807) is 0 Å². The summed E-state index contributed by atoms with van der Waals surface area (Å²) >= 11 is 0. The van der Waals surface area contributed by atoms with Crippen LogP contribution in [0.1, 0.15) is 40.5 Å². The molecule has 0 radical (unpaired) electrons. The Morgan fingerprint density at radius 2 is 1.41 bits per heavy atom. The Morgan fingerprint density at radius 1 is 0.941 bits per heavy atom. The second kappa shape index (κ2) is 11.0. The molecule has 0 aromatic rings. The van der Waals surface area contributed by atoms with E-state index in [-0.39, 0.29) is 0 Å². The molecule has 0 saturated heterocycles. The van der Waals surface area contributed by atoms with Gasteiger partial charge in [0.2, 0.25) is 0 Å². The van der Waals surface area contributed by atoms with E-state index < -0.39 is 0 Å². The van der Waals surface area contributed by atoms with Crippen LogP contribution in [0.15, 0.2) is 0 Å². The van der Waals surface area contributed by atoms with E-state index in [4.69, 9.17) is 0 Å². The molecule has 1 rings (SSSR count). The molecule has 2 N–H and O–H groups in total. The summed E-state index contributed by atoms with van der Waals surface area (Å²) in [5.74, 6) is 0. The molecular weight excluding hydrogens is 210 g/mol. The predicted molar refractivity (Wildman–Crippen MR) is 79.5 cm³/mol. The Balaban J connectivity index is 0. The summed E-state index contributed by atoms with van der Waals surface area (Å²) in [4.78, 5) is 0. The molecule has 0 aromatic carbocycles. The minimum Gasteiger partial charge on any atom is -0.330 e. The van der Waals surface area contributed by atoms with Gasteiger partial charge < -0.3 is 15.1 Å². The number of quaternary nitrogens is 1. The average Bonchev–Trinajstić information content (AvgIpc) is 2.26. The molecule has 1 aliphatic rings. The second-order valence-electron chi connectivity index (χ2n) is 5.12. The van der Waals surface area contributed by atoms with Crippen molar-refractivity contribution in [2.24, 2.45) is 0 Å². The Morgan fingerprint density at radius 3 is 1.76 bits per heavy atom. The molecule has 106 valence electrons.